The first-order chi connectivity index (χ1) is 14.2. The van der Waals surface area contributed by atoms with Crippen LogP contribution in [0.1, 0.15) is 32.1 Å². The number of carbonyl (C=O) groups excluding carboxylic acids is 2. The third-order valence-corrected chi connectivity index (χ3v) is 5.98. The van der Waals surface area contributed by atoms with E-state index in [2.05, 4.69) is 25.9 Å². The molecule has 0 atom stereocenters. The Morgan fingerprint density at radius 1 is 1.07 bits per heavy atom. The molecule has 1 aliphatic carbocycles. The fourth-order valence-corrected chi connectivity index (χ4v) is 4.23. The molecule has 8 nitrogen and oxygen atoms in total. The Bertz CT molecular complexity index is 1000. The number of hydrogen-bond acceptors (Lipinski definition) is 6. The summed E-state index contributed by atoms with van der Waals surface area (Å²) < 4.78 is 1.74. The van der Waals surface area contributed by atoms with Crippen LogP contribution >= 0.6 is 11.8 Å². The molecule has 0 bridgehead atoms. The van der Waals surface area contributed by atoms with Gasteiger partial charge >= 0.3 is 0 Å². The maximum atomic E-state index is 12.2. The maximum Gasteiger partial charge on any atom is 0.248 e. The van der Waals surface area contributed by atoms with Gasteiger partial charge in [-0.15, -0.1) is 0 Å². The van der Waals surface area contributed by atoms with Gasteiger partial charge in [-0.3, -0.25) is 20.4 Å². The predicted octanol–water partition coefficient (Wildman–Crippen LogP) is 2.64. The minimum Gasteiger partial charge on any atom is -0.273 e. The van der Waals surface area contributed by atoms with E-state index in [1.54, 1.807) is 10.9 Å². The van der Waals surface area contributed by atoms with Crippen molar-refractivity contribution >= 4 is 34.6 Å². The van der Waals surface area contributed by atoms with Crippen molar-refractivity contribution in [3.05, 3.63) is 42.9 Å². The lowest BCUT2D eigenvalue weighted by Crippen LogP contribution is -2.45. The Labute approximate surface area is 172 Å². The second-order valence-electron chi connectivity index (χ2n) is 6.97. The summed E-state index contributed by atoms with van der Waals surface area (Å²) in [4.78, 5) is 32.9. The first-order valence-corrected chi connectivity index (χ1v) is 10.7. The Morgan fingerprint density at radius 2 is 1.86 bits per heavy atom. The number of aromatic nitrogens is 4. The summed E-state index contributed by atoms with van der Waals surface area (Å²) in [6.45, 7) is 0. The number of carbonyl (C=O) groups is 2. The fourth-order valence-electron chi connectivity index (χ4n) is 3.46. The molecule has 3 aromatic rings. The average Bonchev–Trinajstić information content (AvgIpc) is 3.22. The van der Waals surface area contributed by atoms with Crippen LogP contribution in [0, 0.1) is 5.92 Å². The Morgan fingerprint density at radius 3 is 2.66 bits per heavy atom. The number of hydrazine groups is 1. The largest absolute Gasteiger partial charge is 0.273 e. The minimum absolute atomic E-state index is 0.00187. The molecule has 9 heteroatoms. The fraction of sp³-hybridized carbons (Fsp3) is 0.350. The molecule has 2 aromatic heterocycles. The van der Waals surface area contributed by atoms with Gasteiger partial charge < -0.3 is 0 Å². The lowest BCUT2D eigenvalue weighted by molar-refractivity contribution is -0.131. The number of fused-ring (bicyclic) bond motifs is 1. The minimum atomic E-state index is -0.277. The Hall–Kier alpha value is -2.94. The summed E-state index contributed by atoms with van der Waals surface area (Å²) in [6, 6.07) is 9.71. The van der Waals surface area contributed by atoms with Gasteiger partial charge in [0.05, 0.1) is 23.0 Å². The zero-order valence-electron chi connectivity index (χ0n) is 15.9. The average molecular weight is 411 g/mol. The molecular weight excluding hydrogens is 388 g/mol. The lowest BCUT2D eigenvalue weighted by Gasteiger charge is -2.20. The van der Waals surface area contributed by atoms with E-state index in [0.717, 1.165) is 36.8 Å². The van der Waals surface area contributed by atoms with Crippen LogP contribution in [0.2, 0.25) is 0 Å². The summed E-state index contributed by atoms with van der Waals surface area (Å²) in [5.74, 6) is -0.242. The summed E-state index contributed by atoms with van der Waals surface area (Å²) in [5, 5.41) is 5.86. The van der Waals surface area contributed by atoms with Crippen LogP contribution < -0.4 is 10.9 Å². The van der Waals surface area contributed by atoms with E-state index >= 15 is 0 Å². The first kappa shape index (κ1) is 19.4. The topological polar surface area (TPSA) is 102 Å². The summed E-state index contributed by atoms with van der Waals surface area (Å²) in [7, 11) is 0. The van der Waals surface area contributed by atoms with E-state index in [-0.39, 0.29) is 23.5 Å². The van der Waals surface area contributed by atoms with E-state index in [9.17, 15) is 9.59 Å². The number of benzene rings is 1. The second-order valence-corrected chi connectivity index (χ2v) is 7.93. The molecule has 0 spiro atoms. The van der Waals surface area contributed by atoms with Crippen molar-refractivity contribution in [1.82, 2.24) is 30.6 Å². The first-order valence-electron chi connectivity index (χ1n) is 9.68. The molecule has 2 amide bonds. The van der Waals surface area contributed by atoms with Gasteiger partial charge in [-0.2, -0.15) is 5.10 Å². The summed E-state index contributed by atoms with van der Waals surface area (Å²) in [6.07, 6.45) is 8.27. The number of amides is 2. The second kappa shape index (κ2) is 9.04. The highest BCUT2D eigenvalue weighted by Gasteiger charge is 2.21. The van der Waals surface area contributed by atoms with Gasteiger partial charge in [-0.25, -0.2) is 14.6 Å². The summed E-state index contributed by atoms with van der Waals surface area (Å²) in [5.41, 5.74) is 6.64. The van der Waals surface area contributed by atoms with Crippen molar-refractivity contribution in [3.8, 4) is 5.69 Å². The predicted molar refractivity (Wildman–Crippen MR) is 110 cm³/mol. The zero-order chi connectivity index (χ0) is 20.1. The molecule has 0 saturated heterocycles. The van der Waals surface area contributed by atoms with Crippen LogP contribution in [0.15, 0.2) is 47.9 Å². The number of thioether (sulfide) groups is 1. The van der Waals surface area contributed by atoms with Gasteiger partial charge in [-0.1, -0.05) is 49.2 Å². The molecule has 0 unspecified atom stereocenters. The van der Waals surface area contributed by atoms with Gasteiger partial charge in [0.25, 0.3) is 0 Å². The van der Waals surface area contributed by atoms with Crippen LogP contribution in [-0.4, -0.2) is 37.3 Å². The molecule has 29 heavy (non-hydrogen) atoms. The van der Waals surface area contributed by atoms with Crippen LogP contribution in [0.4, 0.5) is 0 Å². The molecule has 0 aliphatic heterocycles. The molecule has 4 rings (SSSR count). The van der Waals surface area contributed by atoms with Gasteiger partial charge in [0.1, 0.15) is 11.4 Å². The zero-order valence-corrected chi connectivity index (χ0v) is 16.7. The highest BCUT2D eigenvalue weighted by molar-refractivity contribution is 8.00. The Balaban J connectivity index is 1.36. The van der Waals surface area contributed by atoms with Gasteiger partial charge in [-0.05, 0) is 25.0 Å². The molecular formula is C20H22N6O2S. The highest BCUT2D eigenvalue weighted by Crippen LogP contribution is 2.26. The number of rotatable bonds is 5. The van der Waals surface area contributed by atoms with Crippen molar-refractivity contribution in [3.63, 3.8) is 0 Å². The highest BCUT2D eigenvalue weighted by atomic mass is 32.2. The van der Waals surface area contributed by atoms with Crippen molar-refractivity contribution in [2.24, 2.45) is 5.92 Å². The van der Waals surface area contributed by atoms with Crippen LogP contribution in [0.25, 0.3) is 16.7 Å². The van der Waals surface area contributed by atoms with Crippen LogP contribution in [-0.2, 0) is 9.59 Å². The molecule has 2 heterocycles. The van der Waals surface area contributed by atoms with E-state index < -0.39 is 0 Å². The number of nitrogens with one attached hydrogen (secondary N) is 2. The van der Waals surface area contributed by atoms with Crippen molar-refractivity contribution < 1.29 is 9.59 Å². The van der Waals surface area contributed by atoms with Crippen molar-refractivity contribution in [2.45, 2.75) is 37.1 Å². The van der Waals surface area contributed by atoms with E-state index in [4.69, 9.17) is 0 Å². The molecule has 1 aromatic carbocycles. The monoisotopic (exact) mass is 410 g/mol. The van der Waals surface area contributed by atoms with E-state index in [1.165, 1.54) is 24.5 Å². The third kappa shape index (κ3) is 4.56. The molecule has 1 saturated carbocycles. The number of hydrogen-bond donors (Lipinski definition) is 2. The molecule has 1 aliphatic rings. The number of para-hydroxylation sites is 1. The van der Waals surface area contributed by atoms with Crippen LogP contribution in [0.5, 0.6) is 0 Å². The maximum absolute atomic E-state index is 12.2. The normalized spacial score (nSPS) is 14.6. The molecule has 0 radical (unpaired) electrons. The van der Waals surface area contributed by atoms with Gasteiger partial charge in [0.2, 0.25) is 11.8 Å². The standard InChI is InChI=1S/C20H22N6O2S/c27-17(24-25-19(28)14-7-3-1-4-8-14)12-29-20-16-11-23-26(18(16)21-13-22-20)15-9-5-2-6-10-15/h2,5-6,9-11,13-14H,1,3-4,7-8,12H2,(H,24,27)(H,25,28). The molecule has 2 N–H and O–H groups in total. The van der Waals surface area contributed by atoms with E-state index in [0.29, 0.717) is 10.7 Å². The lowest BCUT2D eigenvalue weighted by atomic mass is 9.89. The van der Waals surface area contributed by atoms with Crippen molar-refractivity contribution in [1.29, 1.82) is 0 Å². The molecule has 1 fully saturated rings. The molecule has 150 valence electrons. The quantitative estimate of drug-likeness (QED) is 0.381. The summed E-state index contributed by atoms with van der Waals surface area (Å²) >= 11 is 1.29. The number of nitrogens with zero attached hydrogens (tertiary/aromatic N) is 4. The van der Waals surface area contributed by atoms with Gasteiger partial charge in [0.15, 0.2) is 5.65 Å². The third-order valence-electron chi connectivity index (χ3n) is 4.97. The van der Waals surface area contributed by atoms with Crippen LogP contribution in [0.3, 0.4) is 0 Å². The van der Waals surface area contributed by atoms with Crippen molar-refractivity contribution in [2.75, 3.05) is 5.75 Å². The SMILES string of the molecule is O=C(CSc1ncnc2c1cnn2-c1ccccc1)NNC(=O)C1CCCCC1. The Kier molecular flexibility index (Phi) is 6.04. The van der Waals surface area contributed by atoms with E-state index in [1.807, 2.05) is 30.3 Å². The van der Waals surface area contributed by atoms with Gasteiger partial charge in [0, 0.05) is 5.92 Å². The smallest absolute Gasteiger partial charge is 0.248 e.